The molecule has 0 spiro atoms. The third-order valence-corrected chi connectivity index (χ3v) is 5.68. The minimum absolute atomic E-state index is 0.125. The number of halogens is 1. The Balaban J connectivity index is 1.89. The average molecular weight is 479 g/mol. The van der Waals surface area contributed by atoms with Gasteiger partial charge in [-0.1, -0.05) is 84.4 Å². The SMILES string of the molecule is CCOCCCNC(=O)C(c1ccccc1)N(Cc1ccc(Cl)cc1)C(=O)Cc1ccccc1. The number of ether oxygens (including phenoxy) is 1. The lowest BCUT2D eigenvalue weighted by Gasteiger charge is -2.32. The Bertz CT molecular complexity index is 1030. The minimum atomic E-state index is -0.764. The van der Waals surface area contributed by atoms with Gasteiger partial charge in [-0.15, -0.1) is 0 Å². The number of nitrogens with zero attached hydrogens (tertiary/aromatic N) is 1. The van der Waals surface area contributed by atoms with Crippen LogP contribution in [0.2, 0.25) is 5.02 Å². The maximum atomic E-state index is 13.6. The molecule has 1 atom stereocenters. The molecule has 3 aromatic rings. The summed E-state index contributed by atoms with van der Waals surface area (Å²) in [7, 11) is 0. The number of carbonyl (C=O) groups is 2. The predicted molar refractivity (Wildman–Crippen MR) is 135 cm³/mol. The van der Waals surface area contributed by atoms with E-state index in [1.54, 1.807) is 17.0 Å². The van der Waals surface area contributed by atoms with Gasteiger partial charge >= 0.3 is 0 Å². The van der Waals surface area contributed by atoms with Gasteiger partial charge in [0.05, 0.1) is 6.42 Å². The standard InChI is InChI=1S/C28H31ClN2O3/c1-2-34-19-9-18-30-28(33)27(24-12-7-4-8-13-24)31(21-23-14-16-25(29)17-15-23)26(32)20-22-10-5-3-6-11-22/h3-8,10-17,27H,2,9,18-21H2,1H3,(H,30,33). The van der Waals surface area contributed by atoms with Crippen LogP contribution in [-0.4, -0.2) is 36.5 Å². The van der Waals surface area contributed by atoms with Crippen molar-refractivity contribution in [2.45, 2.75) is 32.4 Å². The van der Waals surface area contributed by atoms with Gasteiger partial charge in [-0.2, -0.15) is 0 Å². The third-order valence-electron chi connectivity index (χ3n) is 5.43. The minimum Gasteiger partial charge on any atom is -0.382 e. The number of nitrogens with one attached hydrogen (secondary N) is 1. The van der Waals surface area contributed by atoms with E-state index >= 15 is 0 Å². The van der Waals surface area contributed by atoms with E-state index in [0.29, 0.717) is 31.2 Å². The Morgan fingerprint density at radius 1 is 0.912 bits per heavy atom. The van der Waals surface area contributed by atoms with E-state index in [1.807, 2.05) is 79.7 Å². The van der Waals surface area contributed by atoms with Crippen molar-refractivity contribution in [1.82, 2.24) is 10.2 Å². The smallest absolute Gasteiger partial charge is 0.247 e. The molecule has 0 bridgehead atoms. The Morgan fingerprint density at radius 3 is 2.21 bits per heavy atom. The van der Waals surface area contributed by atoms with Crippen molar-refractivity contribution in [3.8, 4) is 0 Å². The molecule has 1 unspecified atom stereocenters. The zero-order valence-corrected chi connectivity index (χ0v) is 20.2. The van der Waals surface area contributed by atoms with Gasteiger partial charge in [0.2, 0.25) is 11.8 Å². The first-order valence-corrected chi connectivity index (χ1v) is 11.9. The van der Waals surface area contributed by atoms with Crippen molar-refractivity contribution >= 4 is 23.4 Å². The van der Waals surface area contributed by atoms with Crippen LogP contribution in [0.4, 0.5) is 0 Å². The monoisotopic (exact) mass is 478 g/mol. The van der Waals surface area contributed by atoms with Gasteiger partial charge in [0, 0.05) is 31.3 Å². The molecule has 3 rings (SSSR count). The Hall–Kier alpha value is -3.15. The lowest BCUT2D eigenvalue weighted by molar-refractivity contribution is -0.141. The van der Waals surface area contributed by atoms with E-state index in [-0.39, 0.29) is 24.8 Å². The van der Waals surface area contributed by atoms with E-state index in [9.17, 15) is 9.59 Å². The quantitative estimate of drug-likeness (QED) is 0.364. The average Bonchev–Trinajstić information content (AvgIpc) is 2.86. The first-order chi connectivity index (χ1) is 16.6. The van der Waals surface area contributed by atoms with Gasteiger partial charge in [0.1, 0.15) is 6.04 Å². The van der Waals surface area contributed by atoms with Crippen LogP contribution in [0.15, 0.2) is 84.9 Å². The molecule has 0 aromatic heterocycles. The van der Waals surface area contributed by atoms with Crippen LogP contribution < -0.4 is 5.32 Å². The summed E-state index contributed by atoms with van der Waals surface area (Å²) in [5, 5.41) is 3.62. The Labute approximate surface area is 206 Å². The summed E-state index contributed by atoms with van der Waals surface area (Å²) in [5.74, 6) is -0.336. The maximum absolute atomic E-state index is 13.6. The van der Waals surface area contributed by atoms with Gasteiger partial charge in [-0.05, 0) is 42.2 Å². The van der Waals surface area contributed by atoms with Crippen molar-refractivity contribution < 1.29 is 14.3 Å². The summed E-state index contributed by atoms with van der Waals surface area (Å²) >= 11 is 6.07. The van der Waals surface area contributed by atoms with Crippen LogP contribution in [0.25, 0.3) is 0 Å². The summed E-state index contributed by atoms with van der Waals surface area (Å²) in [4.78, 5) is 28.7. The molecule has 34 heavy (non-hydrogen) atoms. The summed E-state index contributed by atoms with van der Waals surface area (Å²) in [6, 6.07) is 25.6. The molecule has 0 aliphatic rings. The van der Waals surface area contributed by atoms with Gasteiger partial charge in [0.15, 0.2) is 0 Å². The number of hydrogen-bond donors (Lipinski definition) is 1. The molecular formula is C28H31ClN2O3. The summed E-state index contributed by atoms with van der Waals surface area (Å²) < 4.78 is 5.37. The molecule has 0 saturated heterocycles. The fourth-order valence-electron chi connectivity index (χ4n) is 3.72. The van der Waals surface area contributed by atoms with Crippen LogP contribution in [0.3, 0.4) is 0 Å². The normalized spacial score (nSPS) is 11.6. The van der Waals surface area contributed by atoms with Crippen LogP contribution in [-0.2, 0) is 27.3 Å². The van der Waals surface area contributed by atoms with Gasteiger partial charge in [-0.25, -0.2) is 0 Å². The van der Waals surface area contributed by atoms with E-state index in [0.717, 1.165) is 16.7 Å². The highest BCUT2D eigenvalue weighted by Crippen LogP contribution is 2.25. The fourth-order valence-corrected chi connectivity index (χ4v) is 3.84. The molecule has 178 valence electrons. The molecule has 0 aliphatic carbocycles. The van der Waals surface area contributed by atoms with E-state index in [1.165, 1.54) is 0 Å². The van der Waals surface area contributed by atoms with Gasteiger partial charge in [0.25, 0.3) is 0 Å². The zero-order valence-electron chi connectivity index (χ0n) is 19.5. The molecule has 3 aromatic carbocycles. The van der Waals surface area contributed by atoms with Crippen molar-refractivity contribution in [3.63, 3.8) is 0 Å². The van der Waals surface area contributed by atoms with Crippen LogP contribution in [0.5, 0.6) is 0 Å². The summed E-state index contributed by atoms with van der Waals surface area (Å²) in [5.41, 5.74) is 2.56. The largest absolute Gasteiger partial charge is 0.382 e. The molecule has 0 heterocycles. The number of hydrogen-bond acceptors (Lipinski definition) is 3. The van der Waals surface area contributed by atoms with Crippen LogP contribution in [0.1, 0.15) is 36.1 Å². The van der Waals surface area contributed by atoms with Crippen molar-refractivity contribution in [3.05, 3.63) is 107 Å². The number of benzene rings is 3. The third kappa shape index (κ3) is 7.72. The lowest BCUT2D eigenvalue weighted by Crippen LogP contribution is -2.44. The lowest BCUT2D eigenvalue weighted by atomic mass is 10.0. The molecule has 2 amide bonds. The number of amides is 2. The second-order valence-electron chi connectivity index (χ2n) is 7.97. The van der Waals surface area contributed by atoms with E-state index in [2.05, 4.69) is 5.32 Å². The molecule has 1 N–H and O–H groups in total. The van der Waals surface area contributed by atoms with Crippen LogP contribution in [0, 0.1) is 0 Å². The highest BCUT2D eigenvalue weighted by molar-refractivity contribution is 6.30. The number of rotatable bonds is 12. The van der Waals surface area contributed by atoms with Crippen molar-refractivity contribution in [1.29, 1.82) is 0 Å². The van der Waals surface area contributed by atoms with Gasteiger partial charge < -0.3 is 15.0 Å². The van der Waals surface area contributed by atoms with E-state index < -0.39 is 6.04 Å². The maximum Gasteiger partial charge on any atom is 0.247 e. The van der Waals surface area contributed by atoms with E-state index in [4.69, 9.17) is 16.3 Å². The topological polar surface area (TPSA) is 58.6 Å². The molecule has 0 fully saturated rings. The first kappa shape index (κ1) is 25.5. The molecular weight excluding hydrogens is 448 g/mol. The van der Waals surface area contributed by atoms with Gasteiger partial charge in [-0.3, -0.25) is 9.59 Å². The zero-order chi connectivity index (χ0) is 24.2. The second-order valence-corrected chi connectivity index (χ2v) is 8.40. The molecule has 0 aliphatic heterocycles. The molecule has 6 heteroatoms. The predicted octanol–water partition coefficient (Wildman–Crippen LogP) is 5.20. The summed E-state index contributed by atoms with van der Waals surface area (Å²) in [6.07, 6.45) is 0.908. The fraction of sp³-hybridized carbons (Fsp3) is 0.286. The van der Waals surface area contributed by atoms with Crippen molar-refractivity contribution in [2.75, 3.05) is 19.8 Å². The first-order valence-electron chi connectivity index (χ1n) is 11.6. The van der Waals surface area contributed by atoms with Crippen molar-refractivity contribution in [2.24, 2.45) is 0 Å². The number of carbonyl (C=O) groups excluding carboxylic acids is 2. The summed E-state index contributed by atoms with van der Waals surface area (Å²) in [6.45, 7) is 3.92. The van der Waals surface area contributed by atoms with Crippen LogP contribution >= 0.6 is 11.6 Å². The second kappa shape index (κ2) is 13.5. The molecule has 0 saturated carbocycles. The highest BCUT2D eigenvalue weighted by Gasteiger charge is 2.31. The molecule has 0 radical (unpaired) electrons. The highest BCUT2D eigenvalue weighted by atomic mass is 35.5. The Morgan fingerprint density at radius 2 is 1.56 bits per heavy atom. The molecule has 5 nitrogen and oxygen atoms in total. The Kier molecular flexibility index (Phi) is 10.1.